The average molecular weight is 477 g/mol. The van der Waals surface area contributed by atoms with Crippen molar-refractivity contribution in [2.45, 2.75) is 65.9 Å². The van der Waals surface area contributed by atoms with Crippen LogP contribution in [0.25, 0.3) is 0 Å². The fraction of sp³-hybridized carbons (Fsp3) is 0.429. The Morgan fingerprint density at radius 2 is 1.69 bits per heavy atom. The molecular weight excluding hydrogens is 444 g/mol. The molecule has 0 N–H and O–H groups in total. The number of ether oxygens (including phenoxy) is 1. The number of hydrogen-bond donors (Lipinski definition) is 0. The van der Waals surface area contributed by atoms with Crippen LogP contribution in [0.3, 0.4) is 0 Å². The van der Waals surface area contributed by atoms with Gasteiger partial charge in [0.05, 0.1) is 22.7 Å². The van der Waals surface area contributed by atoms with E-state index in [1.165, 1.54) is 4.90 Å². The molecule has 1 unspecified atom stereocenters. The highest BCUT2D eigenvalue weighted by atomic mass is 16.6. The van der Waals surface area contributed by atoms with Crippen molar-refractivity contribution >= 4 is 35.2 Å². The van der Waals surface area contributed by atoms with Crippen molar-refractivity contribution in [1.29, 1.82) is 0 Å². The second-order valence-corrected chi connectivity index (χ2v) is 10.8. The number of hydrogen-bond acceptors (Lipinski definition) is 5. The van der Waals surface area contributed by atoms with Gasteiger partial charge < -0.3 is 4.74 Å². The summed E-state index contributed by atoms with van der Waals surface area (Å²) in [5, 5.41) is 0. The van der Waals surface area contributed by atoms with Gasteiger partial charge in [0.25, 0.3) is 0 Å². The summed E-state index contributed by atoms with van der Waals surface area (Å²) in [6.07, 6.45) is -0.908. The van der Waals surface area contributed by atoms with Crippen LogP contribution in [0.15, 0.2) is 42.5 Å². The third-order valence-electron chi connectivity index (χ3n) is 6.84. The second-order valence-electron chi connectivity index (χ2n) is 10.8. The van der Waals surface area contributed by atoms with Crippen molar-refractivity contribution in [2.24, 2.45) is 11.8 Å². The Hall–Kier alpha value is -3.48. The smallest absolute Gasteiger partial charge is 0.421 e. The van der Waals surface area contributed by atoms with E-state index >= 15 is 0 Å². The van der Waals surface area contributed by atoms with Gasteiger partial charge in [0.2, 0.25) is 17.7 Å². The lowest BCUT2D eigenvalue weighted by Gasteiger charge is -2.36. The first-order valence-corrected chi connectivity index (χ1v) is 11.9. The largest absolute Gasteiger partial charge is 0.443 e. The maximum absolute atomic E-state index is 14.2. The van der Waals surface area contributed by atoms with E-state index in [2.05, 4.69) is 0 Å². The number of anilines is 2. The van der Waals surface area contributed by atoms with E-state index < -0.39 is 34.8 Å². The standard InChI is InChI=1S/C28H32N2O5/c1-16(2)28(21-15-23(31)29(24(21)32)19-10-8-9-17(3)13-19)20-14-18(4)11-12-22(20)30(25(28)33)26(34)35-27(5,6)7/h8-14,16,21H,15H2,1-7H3/t21-,28?/m1/s1. The van der Waals surface area contributed by atoms with Crippen LogP contribution in [-0.4, -0.2) is 29.4 Å². The van der Waals surface area contributed by atoms with Gasteiger partial charge in [0, 0.05) is 6.42 Å². The Morgan fingerprint density at radius 1 is 1.03 bits per heavy atom. The van der Waals surface area contributed by atoms with Crippen LogP contribution in [0.2, 0.25) is 0 Å². The van der Waals surface area contributed by atoms with Crippen molar-refractivity contribution in [3.8, 4) is 0 Å². The van der Waals surface area contributed by atoms with E-state index in [1.807, 2.05) is 45.9 Å². The fourth-order valence-electron chi connectivity index (χ4n) is 5.40. The lowest BCUT2D eigenvalue weighted by molar-refractivity contribution is -0.133. The van der Waals surface area contributed by atoms with Crippen LogP contribution < -0.4 is 9.80 Å². The summed E-state index contributed by atoms with van der Waals surface area (Å²) < 4.78 is 5.57. The summed E-state index contributed by atoms with van der Waals surface area (Å²) >= 11 is 0. The Kier molecular flexibility index (Phi) is 5.86. The van der Waals surface area contributed by atoms with Crippen LogP contribution in [0.1, 0.15) is 57.7 Å². The van der Waals surface area contributed by atoms with E-state index in [1.54, 1.807) is 45.0 Å². The molecule has 2 aromatic carbocycles. The highest BCUT2D eigenvalue weighted by Crippen LogP contribution is 2.54. The van der Waals surface area contributed by atoms with Gasteiger partial charge in [-0.1, -0.05) is 43.7 Å². The Balaban J connectivity index is 1.88. The predicted molar refractivity (Wildman–Crippen MR) is 133 cm³/mol. The molecule has 2 aliphatic rings. The molecule has 0 radical (unpaired) electrons. The number of nitrogens with zero attached hydrogens (tertiary/aromatic N) is 2. The Bertz CT molecular complexity index is 1240. The van der Waals surface area contributed by atoms with Crippen molar-refractivity contribution in [3.63, 3.8) is 0 Å². The first-order valence-electron chi connectivity index (χ1n) is 11.9. The molecule has 1 saturated heterocycles. The van der Waals surface area contributed by atoms with Gasteiger partial charge in [-0.2, -0.15) is 0 Å². The molecular formula is C28H32N2O5. The summed E-state index contributed by atoms with van der Waals surface area (Å²) in [4.78, 5) is 56.8. The molecule has 2 heterocycles. The lowest BCUT2D eigenvalue weighted by atomic mass is 9.63. The average Bonchev–Trinajstić information content (AvgIpc) is 3.16. The molecule has 0 aromatic heterocycles. The van der Waals surface area contributed by atoms with Crippen LogP contribution in [0.4, 0.5) is 16.2 Å². The molecule has 0 saturated carbocycles. The molecule has 0 bridgehead atoms. The summed E-state index contributed by atoms with van der Waals surface area (Å²) in [7, 11) is 0. The van der Waals surface area contributed by atoms with E-state index in [9.17, 15) is 19.2 Å². The maximum atomic E-state index is 14.2. The van der Waals surface area contributed by atoms with E-state index in [-0.39, 0.29) is 18.2 Å². The SMILES string of the molecule is Cc1cccc(N2C(=O)C[C@@H](C3(C(C)C)C(=O)N(C(=O)OC(C)(C)C)c4ccc(C)cc43)C2=O)c1. The number of rotatable bonds is 3. The van der Waals surface area contributed by atoms with Crippen molar-refractivity contribution in [1.82, 2.24) is 0 Å². The predicted octanol–water partition coefficient (Wildman–Crippen LogP) is 5.06. The van der Waals surface area contributed by atoms with Crippen LogP contribution in [0.5, 0.6) is 0 Å². The van der Waals surface area contributed by atoms with Crippen LogP contribution in [-0.2, 0) is 24.5 Å². The number of carbonyl (C=O) groups is 4. The normalized spacial score (nSPS) is 22.3. The number of aryl methyl sites for hydroxylation is 2. The number of imide groups is 2. The van der Waals surface area contributed by atoms with E-state index in [4.69, 9.17) is 4.74 Å². The van der Waals surface area contributed by atoms with Gasteiger partial charge in [-0.05, 0) is 69.9 Å². The minimum absolute atomic E-state index is 0.119. The van der Waals surface area contributed by atoms with Crippen molar-refractivity contribution in [3.05, 3.63) is 59.2 Å². The molecule has 4 amide bonds. The molecule has 7 nitrogen and oxygen atoms in total. The second kappa shape index (κ2) is 8.33. The molecule has 1 fully saturated rings. The summed E-state index contributed by atoms with van der Waals surface area (Å²) in [5.41, 5.74) is 1.08. The summed E-state index contributed by atoms with van der Waals surface area (Å²) in [6.45, 7) is 12.7. The third kappa shape index (κ3) is 3.83. The summed E-state index contributed by atoms with van der Waals surface area (Å²) in [6, 6.07) is 12.6. The fourth-order valence-corrected chi connectivity index (χ4v) is 5.40. The number of fused-ring (bicyclic) bond motifs is 1. The summed E-state index contributed by atoms with van der Waals surface area (Å²) in [5.74, 6) is -2.64. The molecule has 7 heteroatoms. The number of amides is 4. The molecule has 0 aliphatic carbocycles. The van der Waals surface area contributed by atoms with Gasteiger partial charge in [0.15, 0.2) is 0 Å². The first kappa shape index (κ1) is 24.6. The van der Waals surface area contributed by atoms with Gasteiger partial charge in [-0.3, -0.25) is 19.3 Å². The van der Waals surface area contributed by atoms with E-state index in [0.29, 0.717) is 16.9 Å². The van der Waals surface area contributed by atoms with Crippen molar-refractivity contribution < 1.29 is 23.9 Å². The Labute approximate surface area is 206 Å². The molecule has 4 rings (SSSR count). The maximum Gasteiger partial charge on any atom is 0.421 e. The molecule has 0 spiro atoms. The minimum Gasteiger partial charge on any atom is -0.443 e. The monoisotopic (exact) mass is 476 g/mol. The number of carbonyl (C=O) groups excluding carboxylic acids is 4. The van der Waals surface area contributed by atoms with Gasteiger partial charge in [-0.25, -0.2) is 9.69 Å². The lowest BCUT2D eigenvalue weighted by Crippen LogP contribution is -2.53. The molecule has 2 aliphatic heterocycles. The number of benzene rings is 2. The van der Waals surface area contributed by atoms with E-state index in [0.717, 1.165) is 16.0 Å². The molecule has 35 heavy (non-hydrogen) atoms. The van der Waals surface area contributed by atoms with Crippen molar-refractivity contribution in [2.75, 3.05) is 9.80 Å². The first-order chi connectivity index (χ1) is 16.3. The molecule has 184 valence electrons. The quantitative estimate of drug-likeness (QED) is 0.578. The highest BCUT2D eigenvalue weighted by Gasteiger charge is 2.64. The zero-order valence-electron chi connectivity index (χ0n) is 21.3. The van der Waals surface area contributed by atoms with Crippen LogP contribution in [0, 0.1) is 25.7 Å². The highest BCUT2D eigenvalue weighted by molar-refractivity contribution is 6.27. The molecule has 2 aromatic rings. The Morgan fingerprint density at radius 3 is 2.29 bits per heavy atom. The minimum atomic E-state index is -1.39. The van der Waals surface area contributed by atoms with Gasteiger partial charge in [0.1, 0.15) is 5.60 Å². The zero-order chi connectivity index (χ0) is 25.9. The van der Waals surface area contributed by atoms with Gasteiger partial charge in [-0.15, -0.1) is 0 Å². The topological polar surface area (TPSA) is 84.0 Å². The van der Waals surface area contributed by atoms with Crippen LogP contribution >= 0.6 is 0 Å². The van der Waals surface area contributed by atoms with Gasteiger partial charge >= 0.3 is 6.09 Å². The molecule has 2 atom stereocenters. The third-order valence-corrected chi connectivity index (χ3v) is 6.84. The zero-order valence-corrected chi connectivity index (χ0v) is 21.3.